The Kier molecular flexibility index (Phi) is 8.72. The van der Waals surface area contributed by atoms with Gasteiger partial charge in [-0.2, -0.15) is 0 Å². The summed E-state index contributed by atoms with van der Waals surface area (Å²) in [6.07, 6.45) is 3.09. The van der Waals surface area contributed by atoms with E-state index in [-0.39, 0.29) is 23.8 Å². The number of amides is 1. The van der Waals surface area contributed by atoms with Crippen molar-refractivity contribution in [2.75, 3.05) is 31.4 Å². The number of ether oxygens (including phenoxy) is 2. The molecule has 0 spiro atoms. The molecule has 0 aliphatic rings. The van der Waals surface area contributed by atoms with Crippen LogP contribution >= 0.6 is 0 Å². The van der Waals surface area contributed by atoms with Crippen LogP contribution in [0.4, 0.5) is 11.5 Å². The molecule has 0 unspecified atom stereocenters. The lowest BCUT2D eigenvalue weighted by Crippen LogP contribution is -2.42. The molecule has 0 atom stereocenters. The highest BCUT2D eigenvalue weighted by molar-refractivity contribution is 5.97. The van der Waals surface area contributed by atoms with Gasteiger partial charge in [-0.1, -0.05) is 32.8 Å². The second kappa shape index (κ2) is 11.2. The van der Waals surface area contributed by atoms with Crippen molar-refractivity contribution in [1.29, 1.82) is 0 Å². The number of hydrogen-bond donors (Lipinski definition) is 2. The van der Waals surface area contributed by atoms with E-state index in [1.807, 2.05) is 13.8 Å². The van der Waals surface area contributed by atoms with Gasteiger partial charge < -0.3 is 20.1 Å². The standard InChI is InChI=1S/C22H32N4O5/c1-5-7-11-25(18(27)13-15-9-10-16(30-3)14-17(15)31-4)19-20(23)26(12-8-6-2)22(29)24-21(19)28/h9-10,14H,5-8,11-13,23H2,1-4H3,(H,24,28,29). The number of carbonyl (C=O) groups is 1. The van der Waals surface area contributed by atoms with Crippen molar-refractivity contribution in [3.8, 4) is 11.5 Å². The number of nitrogens with one attached hydrogen (secondary N) is 1. The molecule has 9 nitrogen and oxygen atoms in total. The van der Waals surface area contributed by atoms with Crippen LogP contribution in [0, 0.1) is 0 Å². The number of anilines is 2. The molecule has 9 heteroatoms. The Morgan fingerprint density at radius 3 is 2.45 bits per heavy atom. The molecule has 0 radical (unpaired) electrons. The van der Waals surface area contributed by atoms with Gasteiger partial charge in [0.1, 0.15) is 17.3 Å². The largest absolute Gasteiger partial charge is 0.497 e. The van der Waals surface area contributed by atoms with Crippen LogP contribution in [0.5, 0.6) is 11.5 Å². The van der Waals surface area contributed by atoms with Crippen molar-refractivity contribution in [3.05, 3.63) is 44.6 Å². The minimum Gasteiger partial charge on any atom is -0.497 e. The number of aromatic amines is 1. The van der Waals surface area contributed by atoms with E-state index in [0.29, 0.717) is 36.6 Å². The lowest BCUT2D eigenvalue weighted by molar-refractivity contribution is -0.118. The van der Waals surface area contributed by atoms with Gasteiger partial charge in [0.2, 0.25) is 5.91 Å². The number of rotatable bonds is 11. The Labute approximate surface area is 181 Å². The number of nitrogen functional groups attached to an aromatic ring is 1. The van der Waals surface area contributed by atoms with E-state index in [9.17, 15) is 14.4 Å². The van der Waals surface area contributed by atoms with Crippen molar-refractivity contribution in [2.45, 2.75) is 52.5 Å². The molecule has 0 saturated carbocycles. The highest BCUT2D eigenvalue weighted by Crippen LogP contribution is 2.26. The molecule has 1 aromatic heterocycles. The van der Waals surface area contributed by atoms with Crippen LogP contribution in [0.15, 0.2) is 27.8 Å². The number of nitrogens with zero attached hydrogens (tertiary/aromatic N) is 2. The zero-order valence-corrected chi connectivity index (χ0v) is 18.7. The summed E-state index contributed by atoms with van der Waals surface area (Å²) in [6.45, 7) is 4.66. The van der Waals surface area contributed by atoms with Crippen molar-refractivity contribution in [3.63, 3.8) is 0 Å². The summed E-state index contributed by atoms with van der Waals surface area (Å²) in [5.74, 6) is 0.820. The summed E-state index contributed by atoms with van der Waals surface area (Å²) in [4.78, 5) is 41.9. The van der Waals surface area contributed by atoms with Crippen molar-refractivity contribution in [1.82, 2.24) is 9.55 Å². The summed E-state index contributed by atoms with van der Waals surface area (Å²) < 4.78 is 11.9. The van der Waals surface area contributed by atoms with E-state index in [1.54, 1.807) is 25.3 Å². The molecule has 1 amide bonds. The number of methoxy groups -OCH3 is 2. The van der Waals surface area contributed by atoms with E-state index in [2.05, 4.69) is 4.98 Å². The SMILES string of the molecule is CCCCN(C(=O)Cc1ccc(OC)cc1OC)c1c(N)n(CCCC)c(=O)[nH]c1=O. The first-order valence-corrected chi connectivity index (χ1v) is 10.5. The lowest BCUT2D eigenvalue weighted by Gasteiger charge is -2.25. The molecule has 0 saturated heterocycles. The molecule has 3 N–H and O–H groups in total. The van der Waals surface area contributed by atoms with Crippen LogP contribution in [-0.2, 0) is 17.8 Å². The van der Waals surface area contributed by atoms with Crippen molar-refractivity contribution < 1.29 is 14.3 Å². The van der Waals surface area contributed by atoms with Crippen LogP contribution in [0.2, 0.25) is 0 Å². The first kappa shape index (κ1) is 24.0. The summed E-state index contributed by atoms with van der Waals surface area (Å²) in [6, 6.07) is 5.20. The maximum Gasteiger partial charge on any atom is 0.330 e. The van der Waals surface area contributed by atoms with Gasteiger partial charge in [0.25, 0.3) is 5.56 Å². The second-order valence-corrected chi connectivity index (χ2v) is 7.25. The number of nitrogens with two attached hydrogens (primary N) is 1. The van der Waals surface area contributed by atoms with Crippen LogP contribution < -0.4 is 31.4 Å². The highest BCUT2D eigenvalue weighted by atomic mass is 16.5. The summed E-state index contributed by atoms with van der Waals surface area (Å²) in [5, 5.41) is 0. The van der Waals surface area contributed by atoms with Gasteiger partial charge in [-0.05, 0) is 18.9 Å². The molecule has 0 aliphatic heterocycles. The third-order valence-corrected chi connectivity index (χ3v) is 5.09. The van der Waals surface area contributed by atoms with Crippen LogP contribution in [0.3, 0.4) is 0 Å². The van der Waals surface area contributed by atoms with Crippen LogP contribution in [0.1, 0.15) is 45.1 Å². The molecule has 31 heavy (non-hydrogen) atoms. The number of H-pyrrole nitrogens is 1. The van der Waals surface area contributed by atoms with Gasteiger partial charge in [0.15, 0.2) is 5.69 Å². The van der Waals surface area contributed by atoms with Gasteiger partial charge in [-0.25, -0.2) is 4.79 Å². The van der Waals surface area contributed by atoms with Gasteiger partial charge in [-0.3, -0.25) is 19.1 Å². The minimum atomic E-state index is -0.665. The Morgan fingerprint density at radius 1 is 1.13 bits per heavy atom. The zero-order valence-electron chi connectivity index (χ0n) is 18.7. The predicted molar refractivity (Wildman–Crippen MR) is 121 cm³/mol. The van der Waals surface area contributed by atoms with E-state index in [4.69, 9.17) is 15.2 Å². The monoisotopic (exact) mass is 432 g/mol. The molecular formula is C22H32N4O5. The fourth-order valence-corrected chi connectivity index (χ4v) is 3.31. The van der Waals surface area contributed by atoms with Crippen molar-refractivity contribution >= 4 is 17.4 Å². The highest BCUT2D eigenvalue weighted by Gasteiger charge is 2.25. The molecular weight excluding hydrogens is 400 g/mol. The molecule has 0 bridgehead atoms. The van der Waals surface area contributed by atoms with Gasteiger partial charge >= 0.3 is 5.69 Å². The quantitative estimate of drug-likeness (QED) is 0.562. The molecule has 0 aliphatic carbocycles. The summed E-state index contributed by atoms with van der Waals surface area (Å²) >= 11 is 0. The molecule has 0 fully saturated rings. The third-order valence-electron chi connectivity index (χ3n) is 5.09. The van der Waals surface area contributed by atoms with Gasteiger partial charge in [0, 0.05) is 24.7 Å². The zero-order chi connectivity index (χ0) is 23.0. The third kappa shape index (κ3) is 5.68. The van der Waals surface area contributed by atoms with E-state index in [0.717, 1.165) is 19.3 Å². The smallest absolute Gasteiger partial charge is 0.330 e. The molecule has 1 aromatic carbocycles. The van der Waals surface area contributed by atoms with Gasteiger partial charge in [-0.15, -0.1) is 0 Å². The Bertz CT molecular complexity index is 1010. The average molecular weight is 433 g/mol. The first-order chi connectivity index (χ1) is 14.9. The number of benzene rings is 1. The maximum atomic E-state index is 13.3. The van der Waals surface area contributed by atoms with E-state index in [1.165, 1.54) is 16.6 Å². The average Bonchev–Trinajstić information content (AvgIpc) is 2.75. The molecule has 2 aromatic rings. The van der Waals surface area contributed by atoms with E-state index >= 15 is 0 Å². The van der Waals surface area contributed by atoms with Crippen LogP contribution in [0.25, 0.3) is 0 Å². The fourth-order valence-electron chi connectivity index (χ4n) is 3.31. The summed E-state index contributed by atoms with van der Waals surface area (Å²) in [7, 11) is 3.07. The maximum absolute atomic E-state index is 13.3. The number of aromatic nitrogens is 2. The first-order valence-electron chi connectivity index (χ1n) is 10.5. The van der Waals surface area contributed by atoms with Crippen LogP contribution in [-0.4, -0.2) is 36.2 Å². The van der Waals surface area contributed by atoms with Gasteiger partial charge in [0.05, 0.1) is 20.6 Å². The second-order valence-electron chi connectivity index (χ2n) is 7.25. The fraction of sp³-hybridized carbons (Fsp3) is 0.500. The number of unbranched alkanes of at least 4 members (excludes halogenated alkanes) is 2. The normalized spacial score (nSPS) is 10.7. The Morgan fingerprint density at radius 2 is 1.84 bits per heavy atom. The molecule has 1 heterocycles. The summed E-state index contributed by atoms with van der Waals surface area (Å²) in [5.41, 5.74) is 5.67. The topological polar surface area (TPSA) is 120 Å². The Balaban J connectivity index is 2.48. The lowest BCUT2D eigenvalue weighted by atomic mass is 10.1. The predicted octanol–water partition coefficient (Wildman–Crippen LogP) is 2.31. The minimum absolute atomic E-state index is 0.00382. The number of hydrogen-bond acceptors (Lipinski definition) is 6. The number of carbonyl (C=O) groups excluding carboxylic acids is 1. The van der Waals surface area contributed by atoms with E-state index < -0.39 is 11.2 Å². The molecule has 2 rings (SSSR count). The Hall–Kier alpha value is -3.23. The van der Waals surface area contributed by atoms with Crippen molar-refractivity contribution in [2.24, 2.45) is 0 Å². The molecule has 170 valence electrons.